The lowest BCUT2D eigenvalue weighted by atomic mass is 10.1. The highest BCUT2D eigenvalue weighted by atomic mass is 127. The minimum atomic E-state index is -0.0191. The van der Waals surface area contributed by atoms with Gasteiger partial charge in [-0.3, -0.25) is 0 Å². The summed E-state index contributed by atoms with van der Waals surface area (Å²) in [6, 6.07) is 6.03. The van der Waals surface area contributed by atoms with Gasteiger partial charge in [-0.25, -0.2) is 4.68 Å². The van der Waals surface area contributed by atoms with Gasteiger partial charge in [-0.05, 0) is 53.3 Å². The minimum Gasteiger partial charge on any atom is -0.324 e. The maximum Gasteiger partial charge on any atom is 0.0694 e. The van der Waals surface area contributed by atoms with Gasteiger partial charge in [0.25, 0.3) is 0 Å². The summed E-state index contributed by atoms with van der Waals surface area (Å²) in [6.45, 7) is 1.97. The maximum absolute atomic E-state index is 5.96. The highest BCUT2D eigenvalue weighted by Gasteiger charge is 2.10. The Bertz CT molecular complexity index is 508. The molecule has 1 aromatic carbocycles. The fraction of sp³-hybridized carbons (Fsp3) is 0.182. The lowest BCUT2D eigenvalue weighted by molar-refractivity contribution is 0.780. The molecule has 0 aliphatic carbocycles. The molecule has 0 aliphatic rings. The lowest BCUT2D eigenvalue weighted by Crippen LogP contribution is -2.10. The summed E-state index contributed by atoms with van der Waals surface area (Å²) >= 11 is 5.69. The molecule has 16 heavy (non-hydrogen) atoms. The van der Waals surface area contributed by atoms with Crippen LogP contribution in [0.2, 0.25) is 0 Å². The molecule has 0 amide bonds. The predicted octanol–water partition coefficient (Wildman–Crippen LogP) is 3.26. The first-order valence-electron chi connectivity index (χ1n) is 4.83. The van der Waals surface area contributed by atoms with Crippen LogP contribution in [0.3, 0.4) is 0 Å². The number of aromatic nitrogens is 2. The third-order valence-corrected chi connectivity index (χ3v) is 3.33. The molecule has 1 atom stereocenters. The molecule has 0 fully saturated rings. The zero-order chi connectivity index (χ0) is 11.7. The largest absolute Gasteiger partial charge is 0.324 e. The van der Waals surface area contributed by atoms with Crippen molar-refractivity contribution in [2.24, 2.45) is 5.73 Å². The molecule has 0 bridgehead atoms. The quantitative estimate of drug-likeness (QED) is 0.798. The topological polar surface area (TPSA) is 43.8 Å². The van der Waals surface area contributed by atoms with E-state index < -0.39 is 0 Å². The van der Waals surface area contributed by atoms with Crippen LogP contribution in [0.5, 0.6) is 0 Å². The Morgan fingerprint density at radius 1 is 1.50 bits per heavy atom. The van der Waals surface area contributed by atoms with Gasteiger partial charge in [0.1, 0.15) is 0 Å². The molecule has 0 saturated carbocycles. The standard InChI is InChI=1S/C11H11BrIN3/c1-7(14)10-4-8(12)2-3-11(10)16-6-9(13)5-15-16/h2-7H,14H2,1H3. The van der Waals surface area contributed by atoms with Crippen LogP contribution in [0, 0.1) is 3.57 Å². The molecule has 2 rings (SSSR count). The molecule has 5 heteroatoms. The zero-order valence-corrected chi connectivity index (χ0v) is 12.4. The first-order valence-corrected chi connectivity index (χ1v) is 6.70. The van der Waals surface area contributed by atoms with E-state index in [9.17, 15) is 0 Å². The molecule has 0 aliphatic heterocycles. The summed E-state index contributed by atoms with van der Waals surface area (Å²) in [5.41, 5.74) is 8.07. The second kappa shape index (κ2) is 4.85. The first-order chi connectivity index (χ1) is 7.58. The normalized spacial score (nSPS) is 12.8. The summed E-state index contributed by atoms with van der Waals surface area (Å²) in [5, 5.41) is 4.30. The van der Waals surface area contributed by atoms with Crippen molar-refractivity contribution in [1.29, 1.82) is 0 Å². The van der Waals surface area contributed by atoms with Gasteiger partial charge in [0, 0.05) is 16.7 Å². The Balaban J connectivity index is 2.56. The van der Waals surface area contributed by atoms with Crippen molar-refractivity contribution in [3.63, 3.8) is 0 Å². The van der Waals surface area contributed by atoms with Crippen molar-refractivity contribution in [2.45, 2.75) is 13.0 Å². The van der Waals surface area contributed by atoms with E-state index in [1.807, 2.05) is 42.2 Å². The van der Waals surface area contributed by atoms with E-state index in [-0.39, 0.29) is 6.04 Å². The Morgan fingerprint density at radius 3 is 2.81 bits per heavy atom. The van der Waals surface area contributed by atoms with Crippen LogP contribution in [0.4, 0.5) is 0 Å². The van der Waals surface area contributed by atoms with E-state index in [1.165, 1.54) is 0 Å². The van der Waals surface area contributed by atoms with E-state index in [0.29, 0.717) is 0 Å². The van der Waals surface area contributed by atoms with Crippen LogP contribution >= 0.6 is 38.5 Å². The van der Waals surface area contributed by atoms with E-state index in [4.69, 9.17) is 5.73 Å². The maximum atomic E-state index is 5.96. The Labute approximate surface area is 116 Å². The molecular weight excluding hydrogens is 381 g/mol. The van der Waals surface area contributed by atoms with E-state index >= 15 is 0 Å². The monoisotopic (exact) mass is 391 g/mol. The summed E-state index contributed by atoms with van der Waals surface area (Å²) in [6.07, 6.45) is 3.81. The molecule has 2 aromatic rings. The fourth-order valence-corrected chi connectivity index (χ4v) is 2.30. The third-order valence-electron chi connectivity index (χ3n) is 2.28. The minimum absolute atomic E-state index is 0.0191. The number of hydrogen-bond acceptors (Lipinski definition) is 2. The van der Waals surface area contributed by atoms with Gasteiger partial charge in [-0.15, -0.1) is 0 Å². The number of nitrogens with zero attached hydrogens (tertiary/aromatic N) is 2. The Morgan fingerprint density at radius 2 is 2.25 bits per heavy atom. The van der Waals surface area contributed by atoms with E-state index in [1.54, 1.807) is 0 Å². The van der Waals surface area contributed by atoms with Crippen LogP contribution in [0.25, 0.3) is 5.69 Å². The van der Waals surface area contributed by atoms with Crippen LogP contribution in [0.1, 0.15) is 18.5 Å². The van der Waals surface area contributed by atoms with Gasteiger partial charge in [0.15, 0.2) is 0 Å². The number of hydrogen-bond donors (Lipinski definition) is 1. The predicted molar refractivity (Wildman–Crippen MR) is 76.6 cm³/mol. The lowest BCUT2D eigenvalue weighted by Gasteiger charge is -2.13. The summed E-state index contributed by atoms with van der Waals surface area (Å²) in [7, 11) is 0. The second-order valence-corrected chi connectivity index (χ2v) is 5.76. The number of benzene rings is 1. The van der Waals surface area contributed by atoms with Crippen molar-refractivity contribution in [2.75, 3.05) is 0 Å². The van der Waals surface area contributed by atoms with Gasteiger partial charge < -0.3 is 5.73 Å². The number of rotatable bonds is 2. The van der Waals surface area contributed by atoms with Gasteiger partial charge in [0.2, 0.25) is 0 Å². The van der Waals surface area contributed by atoms with Gasteiger partial charge >= 0.3 is 0 Å². The molecule has 3 nitrogen and oxygen atoms in total. The molecule has 2 N–H and O–H groups in total. The average Bonchev–Trinajstić information content (AvgIpc) is 2.64. The molecule has 1 heterocycles. The zero-order valence-electron chi connectivity index (χ0n) is 8.69. The smallest absolute Gasteiger partial charge is 0.0694 e. The van der Waals surface area contributed by atoms with E-state index in [2.05, 4.69) is 43.6 Å². The van der Waals surface area contributed by atoms with Crippen molar-refractivity contribution in [1.82, 2.24) is 9.78 Å². The second-order valence-electron chi connectivity index (χ2n) is 3.59. The Kier molecular flexibility index (Phi) is 3.66. The Hall–Kier alpha value is -0.400. The first kappa shape index (κ1) is 12.1. The van der Waals surface area contributed by atoms with Gasteiger partial charge in [-0.2, -0.15) is 5.10 Å². The van der Waals surface area contributed by atoms with Crippen molar-refractivity contribution in [3.05, 3.63) is 44.2 Å². The highest BCUT2D eigenvalue weighted by molar-refractivity contribution is 14.1. The SMILES string of the molecule is CC(N)c1cc(Br)ccc1-n1cc(I)cn1. The molecule has 1 aromatic heterocycles. The molecule has 0 saturated heterocycles. The molecule has 1 unspecified atom stereocenters. The highest BCUT2D eigenvalue weighted by Crippen LogP contribution is 2.24. The van der Waals surface area contributed by atoms with Crippen LogP contribution in [-0.2, 0) is 0 Å². The molecule has 84 valence electrons. The molecule has 0 radical (unpaired) electrons. The van der Waals surface area contributed by atoms with Crippen LogP contribution < -0.4 is 5.73 Å². The van der Waals surface area contributed by atoms with Crippen molar-refractivity contribution >= 4 is 38.5 Å². The number of nitrogens with two attached hydrogens (primary N) is 1. The molecular formula is C11H11BrIN3. The number of halogens is 2. The van der Waals surface area contributed by atoms with E-state index in [0.717, 1.165) is 19.3 Å². The fourth-order valence-electron chi connectivity index (χ4n) is 1.53. The summed E-state index contributed by atoms with van der Waals surface area (Å²) in [5.74, 6) is 0. The van der Waals surface area contributed by atoms with Crippen molar-refractivity contribution < 1.29 is 0 Å². The van der Waals surface area contributed by atoms with Crippen LogP contribution in [-0.4, -0.2) is 9.78 Å². The average molecular weight is 392 g/mol. The van der Waals surface area contributed by atoms with Crippen LogP contribution in [0.15, 0.2) is 35.1 Å². The van der Waals surface area contributed by atoms with Crippen molar-refractivity contribution in [3.8, 4) is 5.69 Å². The summed E-state index contributed by atoms with van der Waals surface area (Å²) in [4.78, 5) is 0. The molecule has 0 spiro atoms. The van der Waals surface area contributed by atoms with Gasteiger partial charge in [0.05, 0.1) is 15.5 Å². The van der Waals surface area contributed by atoms with Gasteiger partial charge in [-0.1, -0.05) is 15.9 Å². The third kappa shape index (κ3) is 2.46. The summed E-state index contributed by atoms with van der Waals surface area (Å²) < 4.78 is 3.99.